The molecule has 4 rings (SSSR count). The van der Waals surface area contributed by atoms with E-state index < -0.39 is 36.1 Å². The SMILES string of the molecule is CCC(C)OC(=O)c1c(NC(=O)c2cc3nc(C(F)F)cc(C(F)F)n3n2)sc2c1CCCC2. The lowest BCUT2D eigenvalue weighted by molar-refractivity contribution is 0.0334. The zero-order valence-corrected chi connectivity index (χ0v) is 19.2. The number of carbonyl (C=O) groups excluding carboxylic acids is 2. The van der Waals surface area contributed by atoms with Gasteiger partial charge in [0.05, 0.1) is 11.7 Å². The average Bonchev–Trinajstić information content (AvgIpc) is 3.39. The number of thiophene rings is 1. The van der Waals surface area contributed by atoms with Crippen LogP contribution >= 0.6 is 11.3 Å². The minimum Gasteiger partial charge on any atom is -0.459 e. The van der Waals surface area contributed by atoms with E-state index in [4.69, 9.17) is 4.74 Å². The number of anilines is 1. The van der Waals surface area contributed by atoms with E-state index in [2.05, 4.69) is 15.4 Å². The number of rotatable bonds is 7. The molecule has 1 N–H and O–H groups in total. The standard InChI is InChI=1S/C22H22F4N4O3S/c1-3-10(2)33-22(32)17-11-6-4-5-7-15(11)34-21(17)28-20(31)13-9-16-27-12(18(23)24)8-14(19(25)26)30(16)29-13/h8-10,18-19H,3-7H2,1-2H3,(H,28,31). The van der Waals surface area contributed by atoms with Crippen LogP contribution < -0.4 is 5.32 Å². The smallest absolute Gasteiger partial charge is 0.341 e. The van der Waals surface area contributed by atoms with E-state index in [0.29, 0.717) is 29.0 Å². The van der Waals surface area contributed by atoms with Crippen LogP contribution in [-0.2, 0) is 17.6 Å². The molecular weight excluding hydrogens is 476 g/mol. The summed E-state index contributed by atoms with van der Waals surface area (Å²) in [5.74, 6) is -1.32. The van der Waals surface area contributed by atoms with E-state index in [9.17, 15) is 27.2 Å². The van der Waals surface area contributed by atoms with Crippen LogP contribution in [0.4, 0.5) is 22.6 Å². The second-order valence-electron chi connectivity index (χ2n) is 8.00. The Morgan fingerprint density at radius 1 is 1.18 bits per heavy atom. The number of halogens is 4. The molecule has 0 aromatic carbocycles. The lowest BCUT2D eigenvalue weighted by Crippen LogP contribution is -2.19. The van der Waals surface area contributed by atoms with Gasteiger partial charge in [0, 0.05) is 10.9 Å². The molecule has 3 aromatic heterocycles. The van der Waals surface area contributed by atoms with Crippen molar-refractivity contribution >= 4 is 33.9 Å². The van der Waals surface area contributed by atoms with Crippen molar-refractivity contribution in [2.24, 2.45) is 0 Å². The van der Waals surface area contributed by atoms with Crippen molar-refractivity contribution in [3.05, 3.63) is 45.2 Å². The molecule has 12 heteroatoms. The summed E-state index contributed by atoms with van der Waals surface area (Å²) in [6.07, 6.45) is -2.54. The first-order chi connectivity index (χ1) is 16.2. The molecule has 7 nitrogen and oxygen atoms in total. The first-order valence-corrected chi connectivity index (χ1v) is 11.6. The molecule has 34 heavy (non-hydrogen) atoms. The lowest BCUT2D eigenvalue weighted by atomic mass is 9.95. The van der Waals surface area contributed by atoms with Crippen molar-refractivity contribution in [2.75, 3.05) is 5.32 Å². The fourth-order valence-electron chi connectivity index (χ4n) is 3.76. The summed E-state index contributed by atoms with van der Waals surface area (Å²) in [7, 11) is 0. The number of carbonyl (C=O) groups is 2. The predicted molar refractivity (Wildman–Crippen MR) is 117 cm³/mol. The van der Waals surface area contributed by atoms with Crippen molar-refractivity contribution in [3.63, 3.8) is 0 Å². The molecule has 0 bridgehead atoms. The maximum Gasteiger partial charge on any atom is 0.341 e. The van der Waals surface area contributed by atoms with Gasteiger partial charge in [-0.25, -0.2) is 31.9 Å². The summed E-state index contributed by atoms with van der Waals surface area (Å²) >= 11 is 1.27. The number of aromatic nitrogens is 3. The molecule has 0 spiro atoms. The number of fused-ring (bicyclic) bond motifs is 2. The third kappa shape index (κ3) is 4.63. The second-order valence-corrected chi connectivity index (χ2v) is 9.11. The van der Waals surface area contributed by atoms with Crippen LogP contribution in [0.25, 0.3) is 5.65 Å². The molecular formula is C22H22F4N4O3S. The number of nitrogens with one attached hydrogen (secondary N) is 1. The summed E-state index contributed by atoms with van der Waals surface area (Å²) in [6, 6.07) is 1.62. The van der Waals surface area contributed by atoms with E-state index in [-0.39, 0.29) is 22.4 Å². The molecule has 0 saturated carbocycles. The molecule has 0 aliphatic heterocycles. The topological polar surface area (TPSA) is 85.6 Å². The van der Waals surface area contributed by atoms with Gasteiger partial charge in [0.2, 0.25) is 0 Å². The molecule has 1 aliphatic carbocycles. The summed E-state index contributed by atoms with van der Waals surface area (Å²) in [5, 5.41) is 6.79. The highest BCUT2D eigenvalue weighted by atomic mass is 32.1. The van der Waals surface area contributed by atoms with Crippen LogP contribution in [0.1, 0.15) is 88.6 Å². The highest BCUT2D eigenvalue weighted by molar-refractivity contribution is 7.17. The predicted octanol–water partition coefficient (Wildman–Crippen LogP) is 5.75. The van der Waals surface area contributed by atoms with Crippen molar-refractivity contribution in [1.29, 1.82) is 0 Å². The van der Waals surface area contributed by atoms with Gasteiger partial charge in [0.1, 0.15) is 16.4 Å². The fourth-order valence-corrected chi connectivity index (χ4v) is 5.03. The number of aryl methyl sites for hydroxylation is 1. The largest absolute Gasteiger partial charge is 0.459 e. The zero-order valence-electron chi connectivity index (χ0n) is 18.4. The molecule has 1 atom stereocenters. The Kier molecular flexibility index (Phi) is 6.87. The third-order valence-electron chi connectivity index (χ3n) is 5.64. The Morgan fingerprint density at radius 3 is 2.59 bits per heavy atom. The van der Waals surface area contributed by atoms with Gasteiger partial charge in [-0.3, -0.25) is 4.79 Å². The van der Waals surface area contributed by atoms with Crippen molar-refractivity contribution < 1.29 is 31.9 Å². The Labute approximate surface area is 196 Å². The summed E-state index contributed by atoms with van der Waals surface area (Å²) in [4.78, 5) is 30.5. The lowest BCUT2D eigenvalue weighted by Gasteiger charge is -2.15. The number of amides is 1. The fraction of sp³-hybridized carbons (Fsp3) is 0.455. The summed E-state index contributed by atoms with van der Waals surface area (Å²) < 4.78 is 59.2. The van der Waals surface area contributed by atoms with Gasteiger partial charge < -0.3 is 10.1 Å². The van der Waals surface area contributed by atoms with Gasteiger partial charge in [-0.2, -0.15) is 5.10 Å². The van der Waals surface area contributed by atoms with Gasteiger partial charge in [0.25, 0.3) is 18.8 Å². The molecule has 3 heterocycles. The number of nitrogens with zero attached hydrogens (tertiary/aromatic N) is 3. The van der Waals surface area contributed by atoms with E-state index in [1.165, 1.54) is 11.3 Å². The number of ether oxygens (including phenoxy) is 1. The molecule has 0 fully saturated rings. The van der Waals surface area contributed by atoms with E-state index in [1.807, 2.05) is 6.92 Å². The number of esters is 1. The maximum atomic E-state index is 13.4. The minimum atomic E-state index is -3.11. The van der Waals surface area contributed by atoms with E-state index in [1.54, 1.807) is 6.92 Å². The van der Waals surface area contributed by atoms with Gasteiger partial charge in [-0.1, -0.05) is 6.92 Å². The molecule has 1 aliphatic rings. The molecule has 182 valence electrons. The molecule has 3 aromatic rings. The third-order valence-corrected chi connectivity index (χ3v) is 6.85. The Balaban J connectivity index is 1.69. The van der Waals surface area contributed by atoms with Crippen LogP contribution in [-0.4, -0.2) is 32.6 Å². The van der Waals surface area contributed by atoms with Gasteiger partial charge in [-0.15, -0.1) is 11.3 Å². The Bertz CT molecular complexity index is 1240. The van der Waals surface area contributed by atoms with Gasteiger partial charge in [-0.05, 0) is 50.7 Å². The highest BCUT2D eigenvalue weighted by Crippen LogP contribution is 2.39. The maximum absolute atomic E-state index is 13.4. The van der Waals surface area contributed by atoms with E-state index >= 15 is 0 Å². The van der Waals surface area contributed by atoms with Crippen molar-refractivity contribution in [2.45, 2.75) is 64.9 Å². The molecule has 1 amide bonds. The number of alkyl halides is 4. The number of hydrogen-bond donors (Lipinski definition) is 1. The van der Waals surface area contributed by atoms with Crippen LogP contribution in [0.15, 0.2) is 12.1 Å². The van der Waals surface area contributed by atoms with E-state index in [0.717, 1.165) is 35.8 Å². The summed E-state index contributed by atoms with van der Waals surface area (Å²) in [6.45, 7) is 3.65. The second kappa shape index (κ2) is 9.69. The first-order valence-electron chi connectivity index (χ1n) is 10.8. The van der Waals surface area contributed by atoms with Gasteiger partial charge >= 0.3 is 5.97 Å². The monoisotopic (exact) mass is 498 g/mol. The number of hydrogen-bond acceptors (Lipinski definition) is 6. The molecule has 1 unspecified atom stereocenters. The van der Waals surface area contributed by atoms with Crippen molar-refractivity contribution in [1.82, 2.24) is 14.6 Å². The van der Waals surface area contributed by atoms with Crippen LogP contribution in [0, 0.1) is 0 Å². The Morgan fingerprint density at radius 2 is 1.91 bits per heavy atom. The first kappa shape index (κ1) is 24.1. The molecule has 0 radical (unpaired) electrons. The molecule has 0 saturated heterocycles. The van der Waals surface area contributed by atoms with Crippen LogP contribution in [0.5, 0.6) is 0 Å². The van der Waals surface area contributed by atoms with Crippen LogP contribution in [0.3, 0.4) is 0 Å². The van der Waals surface area contributed by atoms with Gasteiger partial charge in [0.15, 0.2) is 11.3 Å². The zero-order chi connectivity index (χ0) is 24.6. The Hall–Kier alpha value is -3.02. The van der Waals surface area contributed by atoms with Crippen molar-refractivity contribution in [3.8, 4) is 0 Å². The summed E-state index contributed by atoms with van der Waals surface area (Å²) in [5.41, 5.74) is -1.10. The average molecular weight is 499 g/mol. The quantitative estimate of drug-likeness (QED) is 0.331. The van der Waals surface area contributed by atoms with Crippen LogP contribution in [0.2, 0.25) is 0 Å². The highest BCUT2D eigenvalue weighted by Gasteiger charge is 2.29. The minimum absolute atomic E-state index is 0.289. The normalized spacial score (nSPS) is 14.5.